The zero-order chi connectivity index (χ0) is 12.8. The molecule has 1 amide bonds. The number of nitrogens with zero attached hydrogens (tertiary/aromatic N) is 1. The molecule has 0 radical (unpaired) electrons. The predicted octanol–water partition coefficient (Wildman–Crippen LogP) is 1.67. The predicted molar refractivity (Wildman–Crippen MR) is 61.7 cm³/mol. The standard InChI is InChI=1S/C11H23NO4/c1-11(2,3)8-12(10(13)14)6-9(16-5)7-15-4/h9H,6-8H2,1-5H3,(H,13,14)/t9-/m0/s1. The van der Waals surface area contributed by atoms with Gasteiger partial charge in [0.2, 0.25) is 0 Å². The summed E-state index contributed by atoms with van der Waals surface area (Å²) in [5.41, 5.74) is -0.0657. The van der Waals surface area contributed by atoms with Crippen molar-refractivity contribution in [2.24, 2.45) is 5.41 Å². The van der Waals surface area contributed by atoms with Crippen LogP contribution in [0.4, 0.5) is 4.79 Å². The first-order chi connectivity index (χ1) is 7.30. The highest BCUT2D eigenvalue weighted by molar-refractivity contribution is 5.65. The van der Waals surface area contributed by atoms with Crippen molar-refractivity contribution in [2.75, 3.05) is 33.9 Å². The van der Waals surface area contributed by atoms with Crippen molar-refractivity contribution in [1.82, 2.24) is 4.90 Å². The molecule has 0 rings (SSSR count). The van der Waals surface area contributed by atoms with Crippen molar-refractivity contribution in [3.8, 4) is 0 Å². The Morgan fingerprint density at radius 2 is 1.94 bits per heavy atom. The number of methoxy groups -OCH3 is 2. The topological polar surface area (TPSA) is 59.0 Å². The normalized spacial score (nSPS) is 13.6. The average molecular weight is 233 g/mol. The summed E-state index contributed by atoms with van der Waals surface area (Å²) in [4.78, 5) is 12.4. The van der Waals surface area contributed by atoms with Gasteiger partial charge in [0.1, 0.15) is 0 Å². The molecule has 0 aromatic carbocycles. The Kier molecular flexibility index (Phi) is 6.36. The summed E-state index contributed by atoms with van der Waals surface area (Å²) in [6.07, 6.45) is -1.14. The van der Waals surface area contributed by atoms with Crippen LogP contribution in [0.2, 0.25) is 0 Å². The quantitative estimate of drug-likeness (QED) is 0.758. The summed E-state index contributed by atoms with van der Waals surface area (Å²) >= 11 is 0. The molecule has 0 fully saturated rings. The summed E-state index contributed by atoms with van der Waals surface area (Å²) in [5.74, 6) is 0. The Balaban J connectivity index is 4.37. The van der Waals surface area contributed by atoms with Crippen LogP contribution < -0.4 is 0 Å². The molecule has 1 N–H and O–H groups in total. The molecule has 0 aromatic rings. The van der Waals surface area contributed by atoms with Crippen LogP contribution in [0.5, 0.6) is 0 Å². The molecule has 0 aliphatic heterocycles. The van der Waals surface area contributed by atoms with E-state index in [1.807, 2.05) is 20.8 Å². The maximum atomic E-state index is 11.1. The third-order valence-corrected chi connectivity index (χ3v) is 2.05. The van der Waals surface area contributed by atoms with E-state index in [9.17, 15) is 4.79 Å². The van der Waals surface area contributed by atoms with Gasteiger partial charge >= 0.3 is 6.09 Å². The Hall–Kier alpha value is -0.810. The fourth-order valence-electron chi connectivity index (χ4n) is 1.41. The number of ether oxygens (including phenoxy) is 2. The van der Waals surface area contributed by atoms with Gasteiger partial charge in [0, 0.05) is 20.8 Å². The lowest BCUT2D eigenvalue weighted by molar-refractivity contribution is 0.00342. The van der Waals surface area contributed by atoms with Gasteiger partial charge in [-0.1, -0.05) is 20.8 Å². The van der Waals surface area contributed by atoms with Crippen LogP contribution in [0.3, 0.4) is 0 Å². The molecule has 0 saturated heterocycles. The summed E-state index contributed by atoms with van der Waals surface area (Å²) in [7, 11) is 3.13. The van der Waals surface area contributed by atoms with Gasteiger partial charge in [0.25, 0.3) is 0 Å². The number of hydrogen-bond acceptors (Lipinski definition) is 3. The molecule has 0 aliphatic rings. The second-order valence-electron chi connectivity index (χ2n) is 5.04. The van der Waals surface area contributed by atoms with E-state index in [-0.39, 0.29) is 11.5 Å². The van der Waals surface area contributed by atoms with Gasteiger partial charge in [-0.3, -0.25) is 0 Å². The Bertz CT molecular complexity index is 213. The Labute approximate surface area is 97.3 Å². The molecule has 0 heterocycles. The summed E-state index contributed by atoms with van der Waals surface area (Å²) in [5, 5.41) is 9.08. The second-order valence-corrected chi connectivity index (χ2v) is 5.04. The van der Waals surface area contributed by atoms with Crippen molar-refractivity contribution < 1.29 is 19.4 Å². The van der Waals surface area contributed by atoms with Crippen LogP contribution >= 0.6 is 0 Å². The molecule has 5 heteroatoms. The Morgan fingerprint density at radius 1 is 1.38 bits per heavy atom. The number of carbonyl (C=O) groups is 1. The van der Waals surface area contributed by atoms with Crippen LogP contribution in [0.25, 0.3) is 0 Å². The zero-order valence-corrected chi connectivity index (χ0v) is 10.8. The maximum absolute atomic E-state index is 11.1. The van der Waals surface area contributed by atoms with E-state index in [0.29, 0.717) is 19.7 Å². The maximum Gasteiger partial charge on any atom is 0.407 e. The number of rotatable bonds is 6. The third-order valence-electron chi connectivity index (χ3n) is 2.05. The Morgan fingerprint density at radius 3 is 2.25 bits per heavy atom. The van der Waals surface area contributed by atoms with Gasteiger partial charge in [-0.15, -0.1) is 0 Å². The minimum Gasteiger partial charge on any atom is -0.465 e. The van der Waals surface area contributed by atoms with Crippen LogP contribution in [0.15, 0.2) is 0 Å². The molecule has 0 bridgehead atoms. The first-order valence-electron chi connectivity index (χ1n) is 5.29. The van der Waals surface area contributed by atoms with Gasteiger partial charge < -0.3 is 19.5 Å². The molecule has 0 saturated carbocycles. The van der Waals surface area contributed by atoms with E-state index in [4.69, 9.17) is 14.6 Å². The van der Waals surface area contributed by atoms with Gasteiger partial charge in [-0.25, -0.2) is 4.79 Å². The van der Waals surface area contributed by atoms with Crippen molar-refractivity contribution in [2.45, 2.75) is 26.9 Å². The van der Waals surface area contributed by atoms with Gasteiger partial charge in [-0.2, -0.15) is 0 Å². The molecule has 5 nitrogen and oxygen atoms in total. The van der Waals surface area contributed by atoms with E-state index in [2.05, 4.69) is 0 Å². The van der Waals surface area contributed by atoms with Crippen molar-refractivity contribution >= 4 is 6.09 Å². The average Bonchev–Trinajstić information content (AvgIpc) is 2.13. The van der Waals surface area contributed by atoms with Crippen LogP contribution in [0, 0.1) is 5.41 Å². The van der Waals surface area contributed by atoms with E-state index >= 15 is 0 Å². The third kappa shape index (κ3) is 6.63. The fraction of sp³-hybridized carbons (Fsp3) is 0.909. The van der Waals surface area contributed by atoms with Crippen molar-refractivity contribution in [1.29, 1.82) is 0 Å². The largest absolute Gasteiger partial charge is 0.465 e. The number of hydrogen-bond donors (Lipinski definition) is 1. The highest BCUT2D eigenvalue weighted by Crippen LogP contribution is 2.15. The summed E-state index contributed by atoms with van der Waals surface area (Å²) < 4.78 is 10.1. The molecule has 96 valence electrons. The first-order valence-corrected chi connectivity index (χ1v) is 5.29. The molecule has 0 spiro atoms. The zero-order valence-electron chi connectivity index (χ0n) is 10.8. The first kappa shape index (κ1) is 15.2. The molecule has 0 aliphatic carbocycles. The van der Waals surface area contributed by atoms with Gasteiger partial charge in [-0.05, 0) is 5.41 Å². The summed E-state index contributed by atoms with van der Waals surface area (Å²) in [6, 6.07) is 0. The monoisotopic (exact) mass is 233 g/mol. The number of carboxylic acid groups (broad SMARTS) is 1. The lowest BCUT2D eigenvalue weighted by atomic mass is 9.96. The molecule has 0 unspecified atom stereocenters. The van der Waals surface area contributed by atoms with E-state index in [0.717, 1.165) is 0 Å². The minimum atomic E-state index is -0.923. The highest BCUT2D eigenvalue weighted by atomic mass is 16.5. The fourth-order valence-corrected chi connectivity index (χ4v) is 1.41. The van der Waals surface area contributed by atoms with E-state index in [1.54, 1.807) is 14.2 Å². The minimum absolute atomic E-state index is 0.0657. The SMILES string of the molecule is COC[C@H](CN(CC(C)(C)C)C(=O)O)OC. The van der Waals surface area contributed by atoms with Crippen molar-refractivity contribution in [3.05, 3.63) is 0 Å². The summed E-state index contributed by atoms with van der Waals surface area (Å²) in [6.45, 7) is 7.20. The van der Waals surface area contributed by atoms with Gasteiger partial charge in [0.05, 0.1) is 19.3 Å². The second kappa shape index (κ2) is 6.70. The number of amides is 1. The van der Waals surface area contributed by atoms with Crippen LogP contribution in [0.1, 0.15) is 20.8 Å². The lowest BCUT2D eigenvalue weighted by Gasteiger charge is -2.30. The molecular weight excluding hydrogens is 210 g/mol. The van der Waals surface area contributed by atoms with E-state index < -0.39 is 6.09 Å². The van der Waals surface area contributed by atoms with E-state index in [1.165, 1.54) is 4.90 Å². The molecule has 1 atom stereocenters. The molecule has 16 heavy (non-hydrogen) atoms. The van der Waals surface area contributed by atoms with Crippen LogP contribution in [-0.2, 0) is 9.47 Å². The van der Waals surface area contributed by atoms with Crippen LogP contribution in [-0.4, -0.2) is 56.1 Å². The molecular formula is C11H23NO4. The smallest absolute Gasteiger partial charge is 0.407 e. The van der Waals surface area contributed by atoms with Gasteiger partial charge in [0.15, 0.2) is 0 Å². The highest BCUT2D eigenvalue weighted by Gasteiger charge is 2.23. The lowest BCUT2D eigenvalue weighted by Crippen LogP contribution is -2.43. The van der Waals surface area contributed by atoms with Crippen molar-refractivity contribution in [3.63, 3.8) is 0 Å². The molecule has 0 aromatic heterocycles.